The highest BCUT2D eigenvalue weighted by Crippen LogP contribution is 2.20. The van der Waals surface area contributed by atoms with Gasteiger partial charge in [0.15, 0.2) is 0 Å². The van der Waals surface area contributed by atoms with Crippen molar-refractivity contribution in [3.8, 4) is 11.4 Å². The Hall–Kier alpha value is -3.01. The fraction of sp³-hybridized carbons (Fsp3) is 0.278. The lowest BCUT2D eigenvalue weighted by Crippen LogP contribution is -2.40. The molecule has 0 aliphatic carbocycles. The summed E-state index contributed by atoms with van der Waals surface area (Å²) in [5.74, 6) is 0.174. The molecule has 3 rings (SSSR count). The maximum Gasteiger partial charge on any atom is 0.247 e. The fourth-order valence-corrected chi connectivity index (χ4v) is 2.94. The number of hydrogen-bond acceptors (Lipinski definition) is 6. The lowest BCUT2D eigenvalue weighted by molar-refractivity contribution is -0.137. The maximum atomic E-state index is 12.4. The van der Waals surface area contributed by atoms with E-state index in [2.05, 4.69) is 36.5 Å². The Kier molecular flexibility index (Phi) is 6.19. The Labute approximate surface area is 169 Å². The number of carbonyl (C=O) groups excluding carboxylic acids is 2. The van der Waals surface area contributed by atoms with Crippen molar-refractivity contribution in [2.45, 2.75) is 19.5 Å². The first-order valence-electron chi connectivity index (χ1n) is 8.53. The van der Waals surface area contributed by atoms with E-state index < -0.39 is 6.04 Å². The van der Waals surface area contributed by atoms with Gasteiger partial charge in [0, 0.05) is 29.5 Å². The number of rotatable bonds is 7. The van der Waals surface area contributed by atoms with Crippen LogP contribution in [0.2, 0.25) is 0 Å². The minimum Gasteiger partial charge on any atom is -0.345 e. The second kappa shape index (κ2) is 8.79. The third-order valence-electron chi connectivity index (χ3n) is 4.02. The predicted molar refractivity (Wildman–Crippen MR) is 104 cm³/mol. The molecule has 2 amide bonds. The first-order chi connectivity index (χ1) is 13.4. The quantitative estimate of drug-likeness (QED) is 0.594. The van der Waals surface area contributed by atoms with Gasteiger partial charge in [0.25, 0.3) is 0 Å². The highest BCUT2D eigenvalue weighted by Gasteiger charge is 2.21. The molecule has 0 saturated heterocycles. The van der Waals surface area contributed by atoms with E-state index in [0.717, 1.165) is 10.0 Å². The van der Waals surface area contributed by atoms with E-state index in [1.54, 1.807) is 37.1 Å². The Morgan fingerprint density at radius 2 is 2.18 bits per heavy atom. The molecule has 9 nitrogen and oxygen atoms in total. The van der Waals surface area contributed by atoms with Crippen molar-refractivity contribution in [1.82, 2.24) is 30.1 Å². The van der Waals surface area contributed by atoms with E-state index in [-0.39, 0.29) is 30.8 Å². The van der Waals surface area contributed by atoms with Crippen molar-refractivity contribution in [2.75, 3.05) is 13.6 Å². The van der Waals surface area contributed by atoms with Gasteiger partial charge in [0.05, 0.1) is 13.1 Å². The SMILES string of the molecule is C[C@@H](C(=O)N(C)CC(=O)NCc1nc(-c2cccc(Br)c2)no1)n1cccn1. The number of amides is 2. The maximum absolute atomic E-state index is 12.4. The summed E-state index contributed by atoms with van der Waals surface area (Å²) in [5.41, 5.74) is 0.800. The van der Waals surface area contributed by atoms with Gasteiger partial charge in [-0.3, -0.25) is 14.3 Å². The van der Waals surface area contributed by atoms with E-state index >= 15 is 0 Å². The summed E-state index contributed by atoms with van der Waals surface area (Å²) in [6.45, 7) is 1.72. The van der Waals surface area contributed by atoms with Gasteiger partial charge >= 0.3 is 0 Å². The van der Waals surface area contributed by atoms with Gasteiger partial charge in [-0.2, -0.15) is 10.1 Å². The molecule has 0 radical (unpaired) electrons. The topological polar surface area (TPSA) is 106 Å². The summed E-state index contributed by atoms with van der Waals surface area (Å²) in [6, 6.07) is 8.75. The number of benzene rings is 1. The molecule has 0 aliphatic rings. The lowest BCUT2D eigenvalue weighted by Gasteiger charge is -2.21. The van der Waals surface area contributed by atoms with Gasteiger partial charge in [-0.25, -0.2) is 0 Å². The van der Waals surface area contributed by atoms with Crippen molar-refractivity contribution in [2.24, 2.45) is 0 Å². The molecule has 1 N–H and O–H groups in total. The van der Waals surface area contributed by atoms with Gasteiger partial charge in [0.2, 0.25) is 23.5 Å². The largest absolute Gasteiger partial charge is 0.345 e. The normalized spacial score (nSPS) is 11.8. The highest BCUT2D eigenvalue weighted by molar-refractivity contribution is 9.10. The Morgan fingerprint density at radius 3 is 2.89 bits per heavy atom. The molecular weight excluding hydrogens is 428 g/mol. The molecule has 0 saturated carbocycles. The number of nitrogens with zero attached hydrogens (tertiary/aromatic N) is 5. The zero-order valence-corrected chi connectivity index (χ0v) is 17.0. The zero-order chi connectivity index (χ0) is 20.1. The van der Waals surface area contributed by atoms with Crippen molar-refractivity contribution < 1.29 is 14.1 Å². The summed E-state index contributed by atoms with van der Waals surface area (Å²) >= 11 is 3.39. The summed E-state index contributed by atoms with van der Waals surface area (Å²) in [5, 5.41) is 10.6. The van der Waals surface area contributed by atoms with Crippen LogP contribution in [0.1, 0.15) is 18.9 Å². The minimum atomic E-state index is -0.489. The molecule has 0 spiro atoms. The van der Waals surface area contributed by atoms with Crippen LogP contribution in [0.5, 0.6) is 0 Å². The van der Waals surface area contributed by atoms with Crippen LogP contribution >= 0.6 is 15.9 Å². The average molecular weight is 447 g/mol. The molecule has 28 heavy (non-hydrogen) atoms. The third-order valence-corrected chi connectivity index (χ3v) is 4.52. The van der Waals surface area contributed by atoms with Crippen LogP contribution < -0.4 is 5.32 Å². The number of likely N-dealkylation sites (N-methyl/N-ethyl adjacent to an activating group) is 1. The lowest BCUT2D eigenvalue weighted by atomic mass is 10.2. The molecule has 0 bridgehead atoms. The summed E-state index contributed by atoms with van der Waals surface area (Å²) in [7, 11) is 1.57. The van der Waals surface area contributed by atoms with Crippen molar-refractivity contribution >= 4 is 27.7 Å². The Morgan fingerprint density at radius 1 is 1.36 bits per heavy atom. The van der Waals surface area contributed by atoms with Crippen LogP contribution in [0.25, 0.3) is 11.4 Å². The van der Waals surface area contributed by atoms with Crippen LogP contribution in [0.3, 0.4) is 0 Å². The van der Waals surface area contributed by atoms with Crippen LogP contribution in [0.4, 0.5) is 0 Å². The van der Waals surface area contributed by atoms with Crippen LogP contribution in [0, 0.1) is 0 Å². The van der Waals surface area contributed by atoms with E-state index in [1.165, 1.54) is 4.90 Å². The first kappa shape index (κ1) is 19.7. The summed E-state index contributed by atoms with van der Waals surface area (Å²) in [6.07, 6.45) is 3.30. The number of nitrogens with one attached hydrogen (secondary N) is 1. The summed E-state index contributed by atoms with van der Waals surface area (Å²) < 4.78 is 7.61. The number of aromatic nitrogens is 4. The molecule has 2 aromatic heterocycles. The highest BCUT2D eigenvalue weighted by atomic mass is 79.9. The van der Waals surface area contributed by atoms with Crippen LogP contribution in [-0.4, -0.2) is 50.2 Å². The van der Waals surface area contributed by atoms with Gasteiger partial charge < -0.3 is 14.7 Å². The third kappa shape index (κ3) is 4.83. The molecular formula is C18H19BrN6O3. The summed E-state index contributed by atoms with van der Waals surface area (Å²) in [4.78, 5) is 30.1. The molecule has 146 valence electrons. The average Bonchev–Trinajstić information content (AvgIpc) is 3.37. The predicted octanol–water partition coefficient (Wildman–Crippen LogP) is 2.03. The number of halogens is 1. The molecule has 0 unspecified atom stereocenters. The molecule has 1 atom stereocenters. The standard InChI is InChI=1S/C18H19BrN6O3/c1-12(25-8-4-7-21-25)18(27)24(2)11-15(26)20-10-16-22-17(23-28-16)13-5-3-6-14(19)9-13/h3-9,12H,10-11H2,1-2H3,(H,20,26)/t12-/m0/s1. The Bertz CT molecular complexity index is 956. The van der Waals surface area contributed by atoms with Gasteiger partial charge in [0.1, 0.15) is 6.04 Å². The molecule has 2 heterocycles. The minimum absolute atomic E-state index is 0.0799. The van der Waals surface area contributed by atoms with E-state index in [1.807, 2.05) is 24.3 Å². The smallest absolute Gasteiger partial charge is 0.247 e. The number of carbonyl (C=O) groups is 2. The van der Waals surface area contributed by atoms with Gasteiger partial charge in [-0.1, -0.05) is 33.2 Å². The molecule has 0 fully saturated rings. The second-order valence-corrected chi connectivity index (χ2v) is 7.07. The Balaban J connectivity index is 1.51. The van der Waals surface area contributed by atoms with Crippen LogP contribution in [-0.2, 0) is 16.1 Å². The second-order valence-electron chi connectivity index (χ2n) is 6.16. The number of hydrogen-bond donors (Lipinski definition) is 1. The zero-order valence-electron chi connectivity index (χ0n) is 15.4. The van der Waals surface area contributed by atoms with Crippen molar-refractivity contribution in [3.63, 3.8) is 0 Å². The van der Waals surface area contributed by atoms with Gasteiger partial charge in [-0.05, 0) is 25.1 Å². The van der Waals surface area contributed by atoms with Crippen LogP contribution in [0.15, 0.2) is 51.7 Å². The van der Waals surface area contributed by atoms with E-state index in [0.29, 0.717) is 5.82 Å². The van der Waals surface area contributed by atoms with Crippen molar-refractivity contribution in [3.05, 3.63) is 53.1 Å². The van der Waals surface area contributed by atoms with Gasteiger partial charge in [-0.15, -0.1) is 0 Å². The van der Waals surface area contributed by atoms with E-state index in [9.17, 15) is 9.59 Å². The molecule has 10 heteroatoms. The molecule has 0 aliphatic heterocycles. The molecule has 3 aromatic rings. The van der Waals surface area contributed by atoms with E-state index in [4.69, 9.17) is 4.52 Å². The van der Waals surface area contributed by atoms with Crippen molar-refractivity contribution in [1.29, 1.82) is 0 Å². The fourth-order valence-electron chi connectivity index (χ4n) is 2.54. The molecule has 1 aromatic carbocycles. The first-order valence-corrected chi connectivity index (χ1v) is 9.32. The monoisotopic (exact) mass is 446 g/mol.